The molecule has 5 heteroatoms. The summed E-state index contributed by atoms with van der Waals surface area (Å²) in [5.74, 6) is 0. The van der Waals surface area contributed by atoms with Crippen LogP contribution in [0.25, 0.3) is 0 Å². The molecule has 0 amide bonds. The average Bonchev–Trinajstić information content (AvgIpc) is 2.32. The Morgan fingerprint density at radius 2 is 1.94 bits per heavy atom. The summed E-state index contributed by atoms with van der Waals surface area (Å²) >= 11 is 0. The minimum Gasteiger partial charge on any atom is -0.328 e. The van der Waals surface area contributed by atoms with Crippen molar-refractivity contribution in [2.45, 2.75) is 37.1 Å². The van der Waals surface area contributed by atoms with Crippen molar-refractivity contribution in [3.05, 3.63) is 30.1 Å². The molecule has 2 N–H and O–H groups in total. The largest absolute Gasteiger partial charge is 0.328 e. The molecule has 1 fully saturated rings. The molecule has 1 heterocycles. The highest BCUT2D eigenvalue weighted by atomic mass is 35.5. The normalized spacial score (nSPS) is 27.2. The van der Waals surface area contributed by atoms with Gasteiger partial charge in [-0.1, -0.05) is 6.07 Å². The zero-order valence-electron chi connectivity index (χ0n) is 9.50. The molecule has 0 radical (unpaired) electrons. The van der Waals surface area contributed by atoms with E-state index in [9.17, 15) is 5.26 Å². The lowest BCUT2D eigenvalue weighted by molar-refractivity contribution is 0.326. The lowest BCUT2D eigenvalue weighted by Gasteiger charge is -2.32. The highest BCUT2D eigenvalue weighted by Gasteiger charge is 2.37. The fourth-order valence-corrected chi connectivity index (χ4v) is 2.20. The summed E-state index contributed by atoms with van der Waals surface area (Å²) < 4.78 is 0. The van der Waals surface area contributed by atoms with E-state index in [1.807, 2.05) is 18.2 Å². The summed E-state index contributed by atoms with van der Waals surface area (Å²) in [6.07, 6.45) is 5.26. The summed E-state index contributed by atoms with van der Waals surface area (Å²) in [4.78, 5) is 4.31. The Balaban J connectivity index is 0.00000128. The number of nitrogens with zero attached hydrogens (tertiary/aromatic N) is 2. The SMILES string of the molecule is Cl.Cl.N#CC1(c2ccccn2)CCC(N)CC1. The Morgan fingerprint density at radius 3 is 2.41 bits per heavy atom. The van der Waals surface area contributed by atoms with Crippen LogP contribution in [0.4, 0.5) is 0 Å². The van der Waals surface area contributed by atoms with Gasteiger partial charge in [0.15, 0.2) is 0 Å². The molecule has 17 heavy (non-hydrogen) atoms. The molecular weight excluding hydrogens is 257 g/mol. The molecule has 3 nitrogen and oxygen atoms in total. The molecule has 0 spiro atoms. The standard InChI is InChI=1S/C12H15N3.2ClH/c13-9-12(6-4-10(14)5-7-12)11-3-1-2-8-15-11;;/h1-3,8,10H,4-7,14H2;2*1H. The number of halogens is 2. The van der Waals surface area contributed by atoms with Gasteiger partial charge in [0.05, 0.1) is 17.2 Å². The van der Waals surface area contributed by atoms with Crippen molar-refractivity contribution in [2.75, 3.05) is 0 Å². The van der Waals surface area contributed by atoms with Crippen LogP contribution in [0.15, 0.2) is 24.4 Å². The minimum absolute atomic E-state index is 0. The van der Waals surface area contributed by atoms with Crippen LogP contribution in [0.2, 0.25) is 0 Å². The van der Waals surface area contributed by atoms with Crippen molar-refractivity contribution in [2.24, 2.45) is 5.73 Å². The molecule has 1 aliphatic carbocycles. The number of rotatable bonds is 1. The smallest absolute Gasteiger partial charge is 0.0994 e. The Labute approximate surface area is 114 Å². The van der Waals surface area contributed by atoms with Gasteiger partial charge in [-0.3, -0.25) is 4.98 Å². The molecule has 0 atom stereocenters. The third-order valence-electron chi connectivity index (χ3n) is 3.25. The van der Waals surface area contributed by atoms with Crippen LogP contribution in [0.1, 0.15) is 31.4 Å². The zero-order valence-corrected chi connectivity index (χ0v) is 11.1. The van der Waals surface area contributed by atoms with Crippen molar-refractivity contribution in [3.63, 3.8) is 0 Å². The van der Waals surface area contributed by atoms with E-state index in [0.717, 1.165) is 31.4 Å². The van der Waals surface area contributed by atoms with E-state index in [1.54, 1.807) is 6.20 Å². The predicted octanol–water partition coefficient (Wildman–Crippen LogP) is 2.59. The summed E-state index contributed by atoms with van der Waals surface area (Å²) in [6, 6.07) is 8.46. The molecule has 0 aliphatic heterocycles. The van der Waals surface area contributed by atoms with Crippen molar-refractivity contribution in [3.8, 4) is 6.07 Å². The van der Waals surface area contributed by atoms with Gasteiger partial charge in [0.2, 0.25) is 0 Å². The van der Waals surface area contributed by atoms with Crippen LogP contribution in [0, 0.1) is 11.3 Å². The van der Waals surface area contributed by atoms with Crippen LogP contribution in [0.5, 0.6) is 0 Å². The second kappa shape index (κ2) is 6.80. The van der Waals surface area contributed by atoms with Gasteiger partial charge in [0.1, 0.15) is 0 Å². The van der Waals surface area contributed by atoms with E-state index in [1.165, 1.54) is 0 Å². The molecule has 94 valence electrons. The van der Waals surface area contributed by atoms with Crippen LogP contribution >= 0.6 is 24.8 Å². The highest BCUT2D eigenvalue weighted by molar-refractivity contribution is 5.85. The van der Waals surface area contributed by atoms with E-state index < -0.39 is 5.41 Å². The molecule has 0 bridgehead atoms. The number of pyridine rings is 1. The second-order valence-electron chi connectivity index (χ2n) is 4.25. The number of nitriles is 1. The summed E-state index contributed by atoms with van der Waals surface area (Å²) in [6.45, 7) is 0. The molecule has 0 unspecified atom stereocenters. The van der Waals surface area contributed by atoms with E-state index in [0.29, 0.717) is 0 Å². The van der Waals surface area contributed by atoms with Crippen molar-refractivity contribution in [1.29, 1.82) is 5.26 Å². The van der Waals surface area contributed by atoms with Crippen LogP contribution in [-0.4, -0.2) is 11.0 Å². The van der Waals surface area contributed by atoms with Gasteiger partial charge >= 0.3 is 0 Å². The van der Waals surface area contributed by atoms with Gasteiger partial charge in [-0.2, -0.15) is 5.26 Å². The number of aromatic nitrogens is 1. The van der Waals surface area contributed by atoms with Gasteiger partial charge in [-0.15, -0.1) is 24.8 Å². The van der Waals surface area contributed by atoms with Crippen molar-refractivity contribution in [1.82, 2.24) is 4.98 Å². The Bertz CT molecular complexity index is 367. The van der Waals surface area contributed by atoms with Crippen LogP contribution < -0.4 is 5.73 Å². The summed E-state index contributed by atoms with van der Waals surface area (Å²) in [5.41, 5.74) is 6.37. The van der Waals surface area contributed by atoms with E-state index in [2.05, 4.69) is 11.1 Å². The quantitative estimate of drug-likeness (QED) is 0.856. The maximum absolute atomic E-state index is 9.35. The van der Waals surface area contributed by atoms with Gasteiger partial charge in [-0.25, -0.2) is 0 Å². The van der Waals surface area contributed by atoms with Gasteiger partial charge < -0.3 is 5.73 Å². The topological polar surface area (TPSA) is 62.7 Å². The fourth-order valence-electron chi connectivity index (χ4n) is 2.20. The lowest BCUT2D eigenvalue weighted by atomic mass is 9.71. The molecule has 1 saturated carbocycles. The predicted molar refractivity (Wildman–Crippen MR) is 72.5 cm³/mol. The fraction of sp³-hybridized carbons (Fsp3) is 0.500. The molecule has 1 aromatic rings. The molecule has 2 rings (SSSR count). The third kappa shape index (κ3) is 3.32. The summed E-state index contributed by atoms with van der Waals surface area (Å²) in [5, 5.41) is 9.35. The second-order valence-corrected chi connectivity index (χ2v) is 4.25. The molecular formula is C12H17Cl2N3. The maximum atomic E-state index is 9.35. The number of hydrogen-bond acceptors (Lipinski definition) is 3. The highest BCUT2D eigenvalue weighted by Crippen LogP contribution is 2.37. The first-order valence-corrected chi connectivity index (χ1v) is 5.35. The average molecular weight is 274 g/mol. The van der Waals surface area contributed by atoms with E-state index in [4.69, 9.17) is 5.73 Å². The van der Waals surface area contributed by atoms with Gasteiger partial charge in [-0.05, 0) is 37.8 Å². The number of hydrogen-bond donors (Lipinski definition) is 1. The van der Waals surface area contributed by atoms with E-state index in [-0.39, 0.29) is 30.9 Å². The van der Waals surface area contributed by atoms with Crippen LogP contribution in [-0.2, 0) is 5.41 Å². The van der Waals surface area contributed by atoms with Crippen molar-refractivity contribution < 1.29 is 0 Å². The molecule has 1 aromatic heterocycles. The van der Waals surface area contributed by atoms with Crippen LogP contribution in [0.3, 0.4) is 0 Å². The number of nitrogens with two attached hydrogens (primary N) is 1. The van der Waals surface area contributed by atoms with Gasteiger partial charge in [0, 0.05) is 12.2 Å². The molecule has 0 saturated heterocycles. The lowest BCUT2D eigenvalue weighted by Crippen LogP contribution is -2.36. The summed E-state index contributed by atoms with van der Waals surface area (Å²) in [7, 11) is 0. The van der Waals surface area contributed by atoms with Gasteiger partial charge in [0.25, 0.3) is 0 Å². The minimum atomic E-state index is -0.392. The monoisotopic (exact) mass is 273 g/mol. The zero-order chi connectivity index (χ0) is 10.7. The first kappa shape index (κ1) is 16.2. The first-order chi connectivity index (χ1) is 7.27. The first-order valence-electron chi connectivity index (χ1n) is 5.35. The molecule has 0 aromatic carbocycles. The van der Waals surface area contributed by atoms with E-state index >= 15 is 0 Å². The Hall–Kier alpha value is -0.820. The molecule has 1 aliphatic rings. The maximum Gasteiger partial charge on any atom is 0.0994 e. The third-order valence-corrected chi connectivity index (χ3v) is 3.25. The Kier molecular flexibility index (Phi) is 6.48. The van der Waals surface area contributed by atoms with Crippen molar-refractivity contribution >= 4 is 24.8 Å². The Morgan fingerprint density at radius 1 is 1.29 bits per heavy atom.